The van der Waals surface area contributed by atoms with Gasteiger partial charge in [-0.2, -0.15) is 5.10 Å². The lowest BCUT2D eigenvalue weighted by molar-refractivity contribution is -0.138. The minimum Gasteiger partial charge on any atom is -0.366 e. The highest BCUT2D eigenvalue weighted by atomic mass is 35.5. The number of Topliss-reactive ketones (excluding diaryl/α,β-unsaturated/α-hetero) is 1. The maximum atomic E-state index is 15.7. The number of carbonyl (C=O) groups is 2. The highest BCUT2D eigenvalue weighted by molar-refractivity contribution is 6.30. The van der Waals surface area contributed by atoms with Crippen LogP contribution in [0, 0.1) is 6.92 Å². The first-order valence-corrected chi connectivity index (χ1v) is 14.5. The Morgan fingerprint density at radius 3 is 2.50 bits per heavy atom. The van der Waals surface area contributed by atoms with Gasteiger partial charge in [0.2, 0.25) is 0 Å². The monoisotopic (exact) mass is 617 g/mol. The van der Waals surface area contributed by atoms with Gasteiger partial charge in [0, 0.05) is 54.8 Å². The van der Waals surface area contributed by atoms with Crippen molar-refractivity contribution in [3.63, 3.8) is 0 Å². The zero-order valence-corrected chi connectivity index (χ0v) is 25.1. The summed E-state index contributed by atoms with van der Waals surface area (Å²) in [5.74, 6) is -0.505. The predicted octanol–water partition coefficient (Wildman–Crippen LogP) is 5.40. The number of nitrogens with zero attached hydrogens (tertiary/aromatic N) is 6. The Hall–Kier alpha value is -4.48. The Morgan fingerprint density at radius 1 is 1.11 bits per heavy atom. The van der Waals surface area contributed by atoms with Gasteiger partial charge >= 0.3 is 0 Å². The number of aryl methyl sites for hydroxylation is 1. The van der Waals surface area contributed by atoms with Crippen LogP contribution in [0.2, 0.25) is 5.02 Å². The lowest BCUT2D eigenvalue weighted by atomic mass is 9.99. The molecule has 2 atom stereocenters. The fraction of sp³-hybridized carbons (Fsp3) is 0.281. The van der Waals surface area contributed by atoms with Gasteiger partial charge in [-0.25, -0.2) is 23.4 Å². The van der Waals surface area contributed by atoms with Gasteiger partial charge in [-0.15, -0.1) is 0 Å². The summed E-state index contributed by atoms with van der Waals surface area (Å²) < 4.78 is 32.5. The van der Waals surface area contributed by atoms with E-state index in [0.29, 0.717) is 38.7 Å². The molecule has 0 spiro atoms. The molecular formula is C32H30ClF2N7O2. The van der Waals surface area contributed by atoms with Crippen LogP contribution in [0.3, 0.4) is 0 Å². The van der Waals surface area contributed by atoms with Crippen LogP contribution in [-0.2, 0) is 4.79 Å². The normalized spacial score (nSPS) is 20.8. The third kappa shape index (κ3) is 4.95. The smallest absolute Gasteiger partial charge is 0.258 e. The molecule has 2 aliphatic heterocycles. The largest absolute Gasteiger partial charge is 0.366 e. The molecule has 0 saturated carbocycles. The minimum atomic E-state index is -1.66. The second-order valence-electron chi connectivity index (χ2n) is 11.1. The highest BCUT2D eigenvalue weighted by Crippen LogP contribution is 2.43. The van der Waals surface area contributed by atoms with Crippen molar-refractivity contribution in [2.24, 2.45) is 5.73 Å². The molecule has 6 rings (SSSR count). The maximum absolute atomic E-state index is 15.7. The zero-order valence-electron chi connectivity index (χ0n) is 24.4. The van der Waals surface area contributed by atoms with E-state index in [9.17, 15) is 9.59 Å². The van der Waals surface area contributed by atoms with Gasteiger partial charge < -0.3 is 10.6 Å². The van der Waals surface area contributed by atoms with Gasteiger partial charge in [0.05, 0.1) is 12.1 Å². The summed E-state index contributed by atoms with van der Waals surface area (Å²) in [4.78, 5) is 37.6. The van der Waals surface area contributed by atoms with E-state index in [0.717, 1.165) is 11.1 Å². The van der Waals surface area contributed by atoms with Gasteiger partial charge in [0.1, 0.15) is 29.3 Å². The second kappa shape index (κ2) is 11.2. The number of aromatic nitrogens is 4. The molecule has 1 saturated heterocycles. The minimum absolute atomic E-state index is 0.191. The molecule has 9 nitrogen and oxygen atoms in total. The summed E-state index contributed by atoms with van der Waals surface area (Å²) >= 11 is 6.11. The molecule has 0 bridgehead atoms. The molecule has 4 aromatic rings. The number of halogens is 3. The average molecular weight is 618 g/mol. The molecule has 2 aliphatic rings. The van der Waals surface area contributed by atoms with E-state index in [1.807, 2.05) is 24.3 Å². The molecule has 0 unspecified atom stereocenters. The number of fused-ring (bicyclic) bond motifs is 1. The number of nitrogens with two attached hydrogens (primary N) is 1. The van der Waals surface area contributed by atoms with Crippen molar-refractivity contribution in [1.82, 2.24) is 29.5 Å². The summed E-state index contributed by atoms with van der Waals surface area (Å²) in [6.07, 6.45) is 3.55. The Morgan fingerprint density at radius 2 is 1.86 bits per heavy atom. The standard InChI is InChI=1S/C32H30ClF2N7O2/c1-18(21-5-4-6-24(33)11-21)27(35)17-40-16-25(34)13-32(40,31(36)44)41-10-9-29(41)42-28-8-7-22(23-14-37-20(3)38-15-23)12-26(28)30(39-42)19(2)43/h4-9,11-12,14-15,25H,10,13,16-17H2,1-3H3,(H2,36,44)/b27-18+/t25-,32+/m1/s1. The average Bonchev–Trinajstić information content (AvgIpc) is 3.50. The number of carbonyl (C=O) groups excluding carboxylic acids is 2. The first kappa shape index (κ1) is 29.6. The molecule has 4 heterocycles. The zero-order chi connectivity index (χ0) is 31.3. The van der Waals surface area contributed by atoms with Crippen LogP contribution in [0.4, 0.5) is 8.78 Å². The maximum Gasteiger partial charge on any atom is 0.258 e. The number of hydrogen-bond donors (Lipinski definition) is 1. The van der Waals surface area contributed by atoms with Crippen LogP contribution in [0.5, 0.6) is 0 Å². The second-order valence-corrected chi connectivity index (χ2v) is 11.6. The fourth-order valence-corrected chi connectivity index (χ4v) is 6.19. The molecule has 44 heavy (non-hydrogen) atoms. The van der Waals surface area contributed by atoms with Crippen molar-refractivity contribution in [3.8, 4) is 11.1 Å². The molecule has 2 N–H and O–H groups in total. The number of primary amides is 1. The Kier molecular flexibility index (Phi) is 7.54. The van der Waals surface area contributed by atoms with Crippen LogP contribution < -0.4 is 5.73 Å². The van der Waals surface area contributed by atoms with Crippen molar-refractivity contribution >= 4 is 45.6 Å². The Bertz CT molecular complexity index is 1870. The lowest BCUT2D eigenvalue weighted by Gasteiger charge is -2.49. The van der Waals surface area contributed by atoms with Crippen LogP contribution >= 0.6 is 11.6 Å². The molecule has 0 aliphatic carbocycles. The summed E-state index contributed by atoms with van der Waals surface area (Å²) in [6, 6.07) is 12.3. The van der Waals surface area contributed by atoms with Gasteiger partial charge in [-0.3, -0.25) is 14.5 Å². The van der Waals surface area contributed by atoms with Gasteiger partial charge in [0.25, 0.3) is 5.91 Å². The third-order valence-corrected chi connectivity index (χ3v) is 8.60. The number of alkyl halides is 1. The van der Waals surface area contributed by atoms with Crippen LogP contribution in [0.25, 0.3) is 33.4 Å². The number of amides is 1. The molecule has 1 fully saturated rings. The summed E-state index contributed by atoms with van der Waals surface area (Å²) in [5.41, 5.74) is 7.66. The topological polar surface area (TPSA) is 110 Å². The van der Waals surface area contributed by atoms with Gasteiger partial charge in [0.15, 0.2) is 11.4 Å². The first-order chi connectivity index (χ1) is 21.0. The molecule has 12 heteroatoms. The number of hydrogen-bond acceptors (Lipinski definition) is 7. The molecular weight excluding hydrogens is 588 g/mol. The van der Waals surface area contributed by atoms with Crippen molar-refractivity contribution in [3.05, 3.63) is 88.9 Å². The van der Waals surface area contributed by atoms with E-state index < -0.39 is 23.6 Å². The van der Waals surface area contributed by atoms with E-state index >= 15 is 8.78 Å². The Labute approximate surface area is 257 Å². The van der Waals surface area contributed by atoms with Gasteiger partial charge in [-0.05, 0) is 60.9 Å². The quantitative estimate of drug-likeness (QED) is 0.264. The van der Waals surface area contributed by atoms with Crippen molar-refractivity contribution in [2.75, 3.05) is 19.6 Å². The number of allylic oxidation sites excluding steroid dienone is 1. The summed E-state index contributed by atoms with van der Waals surface area (Å²) in [6.45, 7) is 4.55. The van der Waals surface area contributed by atoms with E-state index in [1.165, 1.54) is 11.8 Å². The van der Waals surface area contributed by atoms with Crippen molar-refractivity contribution < 1.29 is 18.4 Å². The number of benzene rings is 2. The van der Waals surface area contributed by atoms with Crippen LogP contribution in [0.15, 0.2) is 66.8 Å². The number of rotatable bonds is 8. The lowest BCUT2D eigenvalue weighted by Crippen LogP contribution is -2.66. The third-order valence-electron chi connectivity index (χ3n) is 8.36. The first-order valence-electron chi connectivity index (χ1n) is 14.1. The fourth-order valence-electron chi connectivity index (χ4n) is 6.00. The number of likely N-dealkylation sites (tertiary alicyclic amines) is 1. The Balaban J connectivity index is 1.39. The number of ketones is 1. The van der Waals surface area contributed by atoms with Crippen molar-refractivity contribution in [1.29, 1.82) is 0 Å². The molecule has 0 radical (unpaired) electrons. The summed E-state index contributed by atoms with van der Waals surface area (Å²) in [5, 5.41) is 5.67. The predicted molar refractivity (Wildman–Crippen MR) is 165 cm³/mol. The van der Waals surface area contributed by atoms with E-state index in [2.05, 4.69) is 15.1 Å². The van der Waals surface area contributed by atoms with E-state index in [1.54, 1.807) is 60.1 Å². The molecule has 226 valence electrons. The SMILES string of the molecule is CC(=O)c1nn(C2=CCN2[C@]2(C(N)=O)C[C@@H](F)CN2C/C(F)=C(/C)c2cccc(Cl)c2)c2ccc(-c3cnc(C)nc3)cc12. The highest BCUT2D eigenvalue weighted by Gasteiger charge is 2.57. The van der Waals surface area contributed by atoms with E-state index in [4.69, 9.17) is 17.3 Å². The van der Waals surface area contributed by atoms with Crippen LogP contribution in [0.1, 0.15) is 42.1 Å². The molecule has 1 amide bonds. The molecule has 2 aromatic heterocycles. The molecule has 2 aromatic carbocycles. The van der Waals surface area contributed by atoms with Crippen LogP contribution in [-0.4, -0.2) is 72.7 Å². The van der Waals surface area contributed by atoms with Crippen molar-refractivity contribution in [2.45, 2.75) is 39.0 Å². The summed E-state index contributed by atoms with van der Waals surface area (Å²) in [7, 11) is 0. The van der Waals surface area contributed by atoms with Gasteiger partial charge in [-0.1, -0.05) is 29.8 Å². The van der Waals surface area contributed by atoms with E-state index in [-0.39, 0.29) is 37.5 Å².